The van der Waals surface area contributed by atoms with Crippen molar-refractivity contribution in [1.29, 1.82) is 0 Å². The van der Waals surface area contributed by atoms with Gasteiger partial charge in [-0.25, -0.2) is 0 Å². The average molecular weight is 381 g/mol. The summed E-state index contributed by atoms with van der Waals surface area (Å²) in [7, 11) is 2.18. The van der Waals surface area contributed by atoms with E-state index in [-0.39, 0.29) is 0 Å². The first-order valence-electron chi connectivity index (χ1n) is 5.66. The Labute approximate surface area is 126 Å². The van der Waals surface area contributed by atoms with Gasteiger partial charge in [-0.15, -0.1) is 0 Å². The number of alkyl halides is 1. The zero-order valence-electron chi connectivity index (χ0n) is 10.5. The molecule has 0 spiro atoms. The third-order valence-electron chi connectivity index (χ3n) is 2.97. The standard InChI is InChI=1S/C13H19Br2NS/c1-10(6-7-17-3)16(2)13-8-12(15)5-4-11(13)9-14/h4-5,8,10H,6-7,9H2,1-3H3. The van der Waals surface area contributed by atoms with Crippen LogP contribution in [0.3, 0.4) is 0 Å². The number of rotatable bonds is 6. The van der Waals surface area contributed by atoms with Gasteiger partial charge >= 0.3 is 0 Å². The summed E-state index contributed by atoms with van der Waals surface area (Å²) in [5, 5.41) is 0.898. The van der Waals surface area contributed by atoms with Gasteiger partial charge in [0, 0.05) is 28.6 Å². The minimum absolute atomic E-state index is 0.564. The summed E-state index contributed by atoms with van der Waals surface area (Å²) in [6.07, 6.45) is 3.38. The van der Waals surface area contributed by atoms with Crippen molar-refractivity contribution in [3.8, 4) is 0 Å². The third kappa shape index (κ3) is 4.49. The van der Waals surface area contributed by atoms with Gasteiger partial charge in [-0.3, -0.25) is 0 Å². The molecule has 4 heteroatoms. The molecule has 1 aromatic rings. The molecular formula is C13H19Br2NS. The molecule has 0 fully saturated rings. The first-order valence-corrected chi connectivity index (χ1v) is 8.97. The minimum atomic E-state index is 0.564. The first kappa shape index (κ1) is 15.4. The predicted octanol–water partition coefficient (Wildman–Crippen LogP) is 4.92. The van der Waals surface area contributed by atoms with Crippen LogP contribution >= 0.6 is 43.6 Å². The number of nitrogens with zero attached hydrogens (tertiary/aromatic N) is 1. The maximum Gasteiger partial charge on any atom is 0.0418 e. The lowest BCUT2D eigenvalue weighted by Crippen LogP contribution is -2.30. The lowest BCUT2D eigenvalue weighted by Gasteiger charge is -2.29. The number of anilines is 1. The second-order valence-electron chi connectivity index (χ2n) is 4.15. The Morgan fingerprint density at radius 1 is 1.41 bits per heavy atom. The highest BCUT2D eigenvalue weighted by Gasteiger charge is 2.13. The molecule has 96 valence electrons. The molecule has 0 saturated heterocycles. The third-order valence-corrected chi connectivity index (χ3v) is 4.71. The van der Waals surface area contributed by atoms with Crippen molar-refractivity contribution >= 4 is 49.3 Å². The van der Waals surface area contributed by atoms with E-state index < -0.39 is 0 Å². The van der Waals surface area contributed by atoms with Gasteiger partial charge in [0.15, 0.2) is 0 Å². The molecule has 0 bridgehead atoms. The van der Waals surface area contributed by atoms with Crippen LogP contribution in [0.25, 0.3) is 0 Å². The maximum absolute atomic E-state index is 3.56. The molecule has 0 aliphatic heterocycles. The molecule has 0 aromatic heterocycles. The fraction of sp³-hybridized carbons (Fsp3) is 0.538. The summed E-state index contributed by atoms with van der Waals surface area (Å²) in [5.41, 5.74) is 2.65. The highest BCUT2D eigenvalue weighted by molar-refractivity contribution is 9.10. The zero-order valence-corrected chi connectivity index (χ0v) is 14.5. The molecular weight excluding hydrogens is 362 g/mol. The van der Waals surface area contributed by atoms with Gasteiger partial charge in [0.25, 0.3) is 0 Å². The van der Waals surface area contributed by atoms with Crippen LogP contribution in [0.1, 0.15) is 18.9 Å². The lowest BCUT2D eigenvalue weighted by molar-refractivity contribution is 0.668. The summed E-state index contributed by atoms with van der Waals surface area (Å²) in [6, 6.07) is 7.04. The van der Waals surface area contributed by atoms with E-state index in [1.54, 1.807) is 0 Å². The Kier molecular flexibility index (Phi) is 6.97. The van der Waals surface area contributed by atoms with E-state index in [4.69, 9.17) is 0 Å². The number of hydrogen-bond acceptors (Lipinski definition) is 2. The van der Waals surface area contributed by atoms with Crippen molar-refractivity contribution in [3.05, 3.63) is 28.2 Å². The van der Waals surface area contributed by atoms with E-state index in [0.717, 1.165) is 9.80 Å². The fourth-order valence-electron chi connectivity index (χ4n) is 1.70. The van der Waals surface area contributed by atoms with E-state index in [1.165, 1.54) is 23.4 Å². The highest BCUT2D eigenvalue weighted by Crippen LogP contribution is 2.28. The molecule has 1 unspecified atom stereocenters. The number of hydrogen-bond donors (Lipinski definition) is 0. The topological polar surface area (TPSA) is 3.24 Å². The predicted molar refractivity (Wildman–Crippen MR) is 87.6 cm³/mol. The molecule has 0 N–H and O–H groups in total. The van der Waals surface area contributed by atoms with Crippen LogP contribution in [0, 0.1) is 0 Å². The van der Waals surface area contributed by atoms with E-state index in [9.17, 15) is 0 Å². The Morgan fingerprint density at radius 2 is 2.12 bits per heavy atom. The molecule has 0 aliphatic rings. The van der Waals surface area contributed by atoms with Crippen LogP contribution in [0.4, 0.5) is 5.69 Å². The van der Waals surface area contributed by atoms with Crippen molar-refractivity contribution < 1.29 is 0 Å². The molecule has 1 aromatic carbocycles. The van der Waals surface area contributed by atoms with Gasteiger partial charge in [-0.1, -0.05) is 37.9 Å². The van der Waals surface area contributed by atoms with Crippen molar-refractivity contribution in [1.82, 2.24) is 0 Å². The van der Waals surface area contributed by atoms with E-state index in [0.29, 0.717) is 6.04 Å². The number of benzene rings is 1. The second kappa shape index (κ2) is 7.70. The fourth-order valence-corrected chi connectivity index (χ4v) is 3.10. The van der Waals surface area contributed by atoms with Gasteiger partial charge < -0.3 is 4.90 Å². The van der Waals surface area contributed by atoms with Gasteiger partial charge in [-0.05, 0) is 43.0 Å². The van der Waals surface area contributed by atoms with E-state index >= 15 is 0 Å². The number of halogens is 2. The molecule has 0 aliphatic carbocycles. The Balaban J connectivity index is 2.86. The van der Waals surface area contributed by atoms with Crippen molar-refractivity contribution in [3.63, 3.8) is 0 Å². The van der Waals surface area contributed by atoms with Crippen LogP contribution in [0.2, 0.25) is 0 Å². The summed E-state index contributed by atoms with van der Waals surface area (Å²) in [6.45, 7) is 2.29. The van der Waals surface area contributed by atoms with E-state index in [2.05, 4.69) is 75.2 Å². The lowest BCUT2D eigenvalue weighted by atomic mass is 10.1. The summed E-state index contributed by atoms with van der Waals surface area (Å²) in [5.74, 6) is 1.21. The van der Waals surface area contributed by atoms with Crippen LogP contribution in [0.15, 0.2) is 22.7 Å². The molecule has 0 saturated carbocycles. The number of thioether (sulfide) groups is 1. The summed E-state index contributed by atoms with van der Waals surface area (Å²) >= 11 is 9.02. The van der Waals surface area contributed by atoms with Crippen molar-refractivity contribution in [2.75, 3.05) is 24.0 Å². The first-order chi connectivity index (χ1) is 8.10. The van der Waals surface area contributed by atoms with Crippen molar-refractivity contribution in [2.24, 2.45) is 0 Å². The molecule has 1 atom stereocenters. The zero-order chi connectivity index (χ0) is 12.8. The molecule has 17 heavy (non-hydrogen) atoms. The minimum Gasteiger partial charge on any atom is -0.372 e. The second-order valence-corrected chi connectivity index (χ2v) is 6.61. The van der Waals surface area contributed by atoms with Gasteiger partial charge in [0.2, 0.25) is 0 Å². The van der Waals surface area contributed by atoms with Crippen LogP contribution in [-0.2, 0) is 5.33 Å². The summed E-state index contributed by atoms with van der Waals surface area (Å²) in [4.78, 5) is 2.37. The Morgan fingerprint density at radius 3 is 2.71 bits per heavy atom. The maximum atomic E-state index is 3.56. The van der Waals surface area contributed by atoms with Gasteiger partial charge in [0.1, 0.15) is 0 Å². The molecule has 0 heterocycles. The summed E-state index contributed by atoms with van der Waals surface area (Å²) < 4.78 is 1.14. The SMILES string of the molecule is CSCCC(C)N(C)c1cc(Br)ccc1CBr. The van der Waals surface area contributed by atoms with Crippen LogP contribution in [-0.4, -0.2) is 25.1 Å². The van der Waals surface area contributed by atoms with Gasteiger partial charge in [0.05, 0.1) is 0 Å². The van der Waals surface area contributed by atoms with E-state index in [1.807, 2.05) is 11.8 Å². The molecule has 1 nitrogen and oxygen atoms in total. The van der Waals surface area contributed by atoms with Crippen molar-refractivity contribution in [2.45, 2.75) is 24.7 Å². The largest absolute Gasteiger partial charge is 0.372 e. The Bertz CT molecular complexity index is 357. The normalized spacial score (nSPS) is 12.5. The molecule has 1 rings (SSSR count). The quantitative estimate of drug-likeness (QED) is 0.644. The smallest absolute Gasteiger partial charge is 0.0418 e. The Hall–Kier alpha value is 0.330. The monoisotopic (exact) mass is 379 g/mol. The van der Waals surface area contributed by atoms with Gasteiger partial charge in [-0.2, -0.15) is 11.8 Å². The average Bonchev–Trinajstić information content (AvgIpc) is 2.34. The highest BCUT2D eigenvalue weighted by atomic mass is 79.9. The molecule has 0 amide bonds. The van der Waals surface area contributed by atoms with Crippen LogP contribution < -0.4 is 4.90 Å². The molecule has 0 radical (unpaired) electrons. The van der Waals surface area contributed by atoms with Crippen LogP contribution in [0.5, 0.6) is 0 Å².